The topological polar surface area (TPSA) is 12.0 Å². The average molecular weight is 281 g/mol. The molecule has 0 aromatic carbocycles. The molecule has 0 saturated heterocycles. The minimum absolute atomic E-state index is 0.858. The lowest BCUT2D eigenvalue weighted by atomic mass is 10.1. The number of unbranched alkanes of at least 4 members (excludes halogenated alkanes) is 4. The number of hydrogen-bond donors (Lipinski definition) is 1. The van der Waals surface area contributed by atoms with Crippen LogP contribution in [0.2, 0.25) is 0 Å². The highest BCUT2D eigenvalue weighted by Gasteiger charge is 2.33. The van der Waals surface area contributed by atoms with Gasteiger partial charge in [-0.1, -0.05) is 55.2 Å². The molecule has 1 aliphatic rings. The van der Waals surface area contributed by atoms with Crippen molar-refractivity contribution in [2.75, 3.05) is 6.54 Å². The molecule has 2 heteroatoms. The Bertz CT molecular complexity index is 116. The van der Waals surface area contributed by atoms with Crippen LogP contribution in [0.3, 0.4) is 0 Å². The van der Waals surface area contributed by atoms with Crippen molar-refractivity contribution in [3.63, 3.8) is 0 Å². The Kier molecular flexibility index (Phi) is 5.56. The molecule has 1 N–H and O–H groups in total. The van der Waals surface area contributed by atoms with E-state index in [1.165, 1.54) is 45.1 Å². The summed E-state index contributed by atoms with van der Waals surface area (Å²) in [5.74, 6) is 0. The number of rotatable bonds is 7. The lowest BCUT2D eigenvalue weighted by Crippen LogP contribution is -2.19. The summed E-state index contributed by atoms with van der Waals surface area (Å²) in [5.41, 5.74) is 0. The van der Waals surface area contributed by atoms with Crippen LogP contribution in [0.4, 0.5) is 0 Å². The number of hydrogen-bond acceptors (Lipinski definition) is 1. The van der Waals surface area contributed by atoms with Gasteiger partial charge in [-0.05, 0) is 19.4 Å². The van der Waals surface area contributed by atoms with Crippen LogP contribution >= 0.6 is 22.6 Å². The second kappa shape index (κ2) is 6.19. The van der Waals surface area contributed by atoms with Crippen LogP contribution < -0.4 is 5.32 Å². The largest absolute Gasteiger partial charge is 0.313 e. The third kappa shape index (κ3) is 4.65. The fourth-order valence-corrected chi connectivity index (χ4v) is 2.19. The number of halogens is 1. The van der Waals surface area contributed by atoms with Crippen LogP contribution in [0.15, 0.2) is 0 Å². The maximum atomic E-state index is 3.58. The Labute approximate surface area is 89.8 Å². The summed E-state index contributed by atoms with van der Waals surface area (Å²) in [6.45, 7) is 3.51. The van der Waals surface area contributed by atoms with E-state index in [9.17, 15) is 0 Å². The molecule has 12 heavy (non-hydrogen) atoms. The molecule has 1 aliphatic carbocycles. The normalized spacial score (nSPS) is 27.5. The Balaban J connectivity index is 1.72. The van der Waals surface area contributed by atoms with Gasteiger partial charge in [0.05, 0.1) is 0 Å². The molecule has 0 bridgehead atoms. The van der Waals surface area contributed by atoms with E-state index in [1.807, 2.05) is 0 Å². The molecule has 0 aliphatic heterocycles. The van der Waals surface area contributed by atoms with Crippen LogP contribution in [-0.4, -0.2) is 16.5 Å². The molecular formula is C10H20IN. The van der Waals surface area contributed by atoms with E-state index in [0.717, 1.165) is 9.97 Å². The average Bonchev–Trinajstić information content (AvgIpc) is 2.74. The third-order valence-electron chi connectivity index (χ3n) is 2.40. The molecule has 0 aromatic rings. The Morgan fingerprint density at radius 2 is 1.92 bits per heavy atom. The molecule has 0 aromatic heterocycles. The molecule has 0 heterocycles. The predicted molar refractivity (Wildman–Crippen MR) is 63.0 cm³/mol. The lowest BCUT2D eigenvalue weighted by molar-refractivity contribution is 0.583. The Morgan fingerprint density at radius 3 is 2.50 bits per heavy atom. The van der Waals surface area contributed by atoms with Gasteiger partial charge < -0.3 is 5.32 Å². The molecule has 0 radical (unpaired) electrons. The van der Waals surface area contributed by atoms with Gasteiger partial charge in [0.25, 0.3) is 0 Å². The molecule has 2 atom stereocenters. The van der Waals surface area contributed by atoms with E-state index in [0.29, 0.717) is 0 Å². The first-order valence-electron chi connectivity index (χ1n) is 5.22. The van der Waals surface area contributed by atoms with Crippen LogP contribution in [-0.2, 0) is 0 Å². The highest BCUT2D eigenvalue weighted by atomic mass is 127. The summed E-state index contributed by atoms with van der Waals surface area (Å²) >= 11 is 2.53. The van der Waals surface area contributed by atoms with Crippen molar-refractivity contribution in [1.29, 1.82) is 0 Å². The summed E-state index contributed by atoms with van der Waals surface area (Å²) in [5, 5.41) is 3.58. The van der Waals surface area contributed by atoms with Crippen molar-refractivity contribution in [2.45, 2.75) is 55.4 Å². The van der Waals surface area contributed by atoms with Gasteiger partial charge in [0.15, 0.2) is 0 Å². The molecule has 1 unspecified atom stereocenters. The molecular weight excluding hydrogens is 261 g/mol. The van der Waals surface area contributed by atoms with Gasteiger partial charge >= 0.3 is 0 Å². The van der Waals surface area contributed by atoms with Crippen molar-refractivity contribution in [3.8, 4) is 0 Å². The molecule has 1 saturated carbocycles. The van der Waals surface area contributed by atoms with Gasteiger partial charge in [-0.3, -0.25) is 0 Å². The Hall–Kier alpha value is 0.690. The van der Waals surface area contributed by atoms with Gasteiger partial charge in [0, 0.05) is 9.97 Å². The number of nitrogens with one attached hydrogen (secondary N) is 1. The van der Waals surface area contributed by atoms with E-state index in [4.69, 9.17) is 0 Å². The minimum Gasteiger partial charge on any atom is -0.313 e. The zero-order valence-corrected chi connectivity index (χ0v) is 10.1. The van der Waals surface area contributed by atoms with Gasteiger partial charge in [-0.2, -0.15) is 0 Å². The van der Waals surface area contributed by atoms with Gasteiger partial charge in [-0.25, -0.2) is 0 Å². The summed E-state index contributed by atoms with van der Waals surface area (Å²) in [7, 11) is 0. The van der Waals surface area contributed by atoms with Gasteiger partial charge in [0.1, 0.15) is 0 Å². The summed E-state index contributed by atoms with van der Waals surface area (Å²) in [6.07, 6.45) is 8.38. The second-order valence-electron chi connectivity index (χ2n) is 3.73. The van der Waals surface area contributed by atoms with E-state index >= 15 is 0 Å². The van der Waals surface area contributed by atoms with Gasteiger partial charge in [-0.15, -0.1) is 0 Å². The molecule has 1 rings (SSSR count). The van der Waals surface area contributed by atoms with Crippen molar-refractivity contribution >= 4 is 22.6 Å². The fraction of sp³-hybridized carbons (Fsp3) is 1.00. The lowest BCUT2D eigenvalue weighted by Gasteiger charge is -2.01. The standard InChI is InChI=1S/C10H20IN/c1-2-3-4-5-6-7-12-10-8-9(10)11/h9-10,12H,2-8H2,1H3/t9?,10-/m1/s1. The SMILES string of the molecule is CCCCCCCN[C@@H]1CC1I. The van der Waals surface area contributed by atoms with Crippen LogP contribution in [0.1, 0.15) is 45.4 Å². The Morgan fingerprint density at radius 1 is 1.25 bits per heavy atom. The quantitative estimate of drug-likeness (QED) is 0.429. The summed E-state index contributed by atoms with van der Waals surface area (Å²) in [4.78, 5) is 0. The van der Waals surface area contributed by atoms with Crippen LogP contribution in [0.25, 0.3) is 0 Å². The monoisotopic (exact) mass is 281 g/mol. The fourth-order valence-electron chi connectivity index (χ4n) is 1.39. The molecule has 72 valence electrons. The summed E-state index contributed by atoms with van der Waals surface area (Å²) < 4.78 is 0.929. The highest BCUT2D eigenvalue weighted by molar-refractivity contribution is 14.1. The van der Waals surface area contributed by atoms with E-state index in [2.05, 4.69) is 34.8 Å². The summed E-state index contributed by atoms with van der Waals surface area (Å²) in [6, 6.07) is 0.858. The maximum Gasteiger partial charge on any atom is 0.0279 e. The molecule has 0 spiro atoms. The highest BCUT2D eigenvalue weighted by Crippen LogP contribution is 2.30. The molecule has 1 fully saturated rings. The second-order valence-corrected chi connectivity index (χ2v) is 5.33. The molecule has 0 amide bonds. The smallest absolute Gasteiger partial charge is 0.0279 e. The number of alkyl halides is 1. The van der Waals surface area contributed by atoms with E-state index < -0.39 is 0 Å². The van der Waals surface area contributed by atoms with Gasteiger partial charge in [0.2, 0.25) is 0 Å². The zero-order chi connectivity index (χ0) is 8.81. The molecule has 1 nitrogen and oxygen atoms in total. The first kappa shape index (κ1) is 10.8. The predicted octanol–water partition coefficient (Wildman–Crippen LogP) is 3.12. The first-order chi connectivity index (χ1) is 5.84. The zero-order valence-electron chi connectivity index (χ0n) is 7.98. The van der Waals surface area contributed by atoms with Crippen molar-refractivity contribution < 1.29 is 0 Å². The minimum atomic E-state index is 0.858. The van der Waals surface area contributed by atoms with Crippen molar-refractivity contribution in [3.05, 3.63) is 0 Å². The first-order valence-corrected chi connectivity index (χ1v) is 6.46. The van der Waals surface area contributed by atoms with Crippen molar-refractivity contribution in [2.24, 2.45) is 0 Å². The third-order valence-corrected chi connectivity index (χ3v) is 3.78. The van der Waals surface area contributed by atoms with E-state index in [1.54, 1.807) is 0 Å². The van der Waals surface area contributed by atoms with E-state index in [-0.39, 0.29) is 0 Å². The van der Waals surface area contributed by atoms with Crippen molar-refractivity contribution in [1.82, 2.24) is 5.32 Å². The van der Waals surface area contributed by atoms with Crippen LogP contribution in [0, 0.1) is 0 Å². The maximum absolute atomic E-state index is 3.58. The van der Waals surface area contributed by atoms with Crippen LogP contribution in [0.5, 0.6) is 0 Å².